The minimum Gasteiger partial charge on any atom is -0.467 e. The average molecular weight is 168 g/mol. The van der Waals surface area contributed by atoms with Gasteiger partial charge in [0.05, 0.1) is 19.5 Å². The SMILES string of the molecule is CC1(COCc2ccco2)CO1. The van der Waals surface area contributed by atoms with Gasteiger partial charge in [-0.15, -0.1) is 0 Å². The van der Waals surface area contributed by atoms with E-state index in [1.165, 1.54) is 0 Å². The zero-order valence-electron chi connectivity index (χ0n) is 7.08. The van der Waals surface area contributed by atoms with Crippen LogP contribution < -0.4 is 0 Å². The highest BCUT2D eigenvalue weighted by Gasteiger charge is 2.39. The first kappa shape index (κ1) is 7.83. The molecule has 0 saturated carbocycles. The number of hydrogen-bond acceptors (Lipinski definition) is 3. The third kappa shape index (κ3) is 1.87. The number of epoxide rings is 1. The molecule has 3 nitrogen and oxygen atoms in total. The summed E-state index contributed by atoms with van der Waals surface area (Å²) in [6.07, 6.45) is 1.65. The Labute approximate surface area is 71.3 Å². The summed E-state index contributed by atoms with van der Waals surface area (Å²) < 4.78 is 15.6. The summed E-state index contributed by atoms with van der Waals surface area (Å²) in [6.45, 7) is 4.03. The zero-order valence-corrected chi connectivity index (χ0v) is 7.08. The van der Waals surface area contributed by atoms with Gasteiger partial charge in [-0.2, -0.15) is 0 Å². The smallest absolute Gasteiger partial charge is 0.129 e. The van der Waals surface area contributed by atoms with Gasteiger partial charge in [-0.3, -0.25) is 0 Å². The molecule has 0 spiro atoms. The van der Waals surface area contributed by atoms with Gasteiger partial charge in [0.2, 0.25) is 0 Å². The van der Waals surface area contributed by atoms with Crippen LogP contribution in [0.3, 0.4) is 0 Å². The van der Waals surface area contributed by atoms with Crippen molar-refractivity contribution in [3.63, 3.8) is 0 Å². The molecule has 0 amide bonds. The average Bonchev–Trinajstić information content (AvgIpc) is 2.61. The lowest BCUT2D eigenvalue weighted by atomic mass is 10.2. The first-order valence-electron chi connectivity index (χ1n) is 4.03. The lowest BCUT2D eigenvalue weighted by molar-refractivity contribution is 0.0642. The van der Waals surface area contributed by atoms with Crippen molar-refractivity contribution in [3.05, 3.63) is 24.2 Å². The quantitative estimate of drug-likeness (QED) is 0.640. The highest BCUT2D eigenvalue weighted by molar-refractivity contribution is 4.96. The van der Waals surface area contributed by atoms with Crippen molar-refractivity contribution in [2.24, 2.45) is 0 Å². The van der Waals surface area contributed by atoms with Crippen LogP contribution in [0.15, 0.2) is 22.8 Å². The van der Waals surface area contributed by atoms with Gasteiger partial charge in [0.1, 0.15) is 18.0 Å². The van der Waals surface area contributed by atoms with Crippen LogP contribution in [-0.4, -0.2) is 18.8 Å². The third-order valence-corrected chi connectivity index (χ3v) is 1.87. The molecule has 1 fully saturated rings. The second-order valence-electron chi connectivity index (χ2n) is 3.31. The summed E-state index contributed by atoms with van der Waals surface area (Å²) in [5.74, 6) is 0.860. The molecule has 2 rings (SSSR count). The molecule has 12 heavy (non-hydrogen) atoms. The minimum atomic E-state index is -0.0212. The second-order valence-corrected chi connectivity index (χ2v) is 3.31. The topological polar surface area (TPSA) is 34.9 Å². The molecule has 1 saturated heterocycles. The van der Waals surface area contributed by atoms with Crippen LogP contribution in [0.25, 0.3) is 0 Å². The van der Waals surface area contributed by atoms with Crippen LogP contribution in [0.1, 0.15) is 12.7 Å². The van der Waals surface area contributed by atoms with E-state index in [0.717, 1.165) is 12.4 Å². The zero-order chi connectivity index (χ0) is 8.44. The van der Waals surface area contributed by atoms with E-state index in [4.69, 9.17) is 13.9 Å². The van der Waals surface area contributed by atoms with Gasteiger partial charge >= 0.3 is 0 Å². The van der Waals surface area contributed by atoms with E-state index in [1.807, 2.05) is 19.1 Å². The molecule has 1 atom stereocenters. The maximum atomic E-state index is 5.39. The van der Waals surface area contributed by atoms with E-state index in [-0.39, 0.29) is 5.60 Å². The number of ether oxygens (including phenoxy) is 2. The van der Waals surface area contributed by atoms with Crippen molar-refractivity contribution in [1.82, 2.24) is 0 Å². The van der Waals surface area contributed by atoms with Crippen LogP contribution >= 0.6 is 0 Å². The predicted octanol–water partition coefficient (Wildman–Crippen LogP) is 1.59. The molecule has 1 aromatic heterocycles. The summed E-state index contributed by atoms with van der Waals surface area (Å²) in [5.41, 5.74) is -0.0212. The monoisotopic (exact) mass is 168 g/mol. The van der Waals surface area contributed by atoms with Gasteiger partial charge in [0, 0.05) is 0 Å². The fourth-order valence-corrected chi connectivity index (χ4v) is 0.969. The van der Waals surface area contributed by atoms with E-state index in [1.54, 1.807) is 6.26 Å². The van der Waals surface area contributed by atoms with E-state index in [9.17, 15) is 0 Å². The molecule has 0 aliphatic carbocycles. The van der Waals surface area contributed by atoms with E-state index in [0.29, 0.717) is 13.2 Å². The molecule has 1 unspecified atom stereocenters. The van der Waals surface area contributed by atoms with Gasteiger partial charge < -0.3 is 13.9 Å². The van der Waals surface area contributed by atoms with Crippen molar-refractivity contribution < 1.29 is 13.9 Å². The van der Waals surface area contributed by atoms with Crippen LogP contribution in [0.2, 0.25) is 0 Å². The van der Waals surface area contributed by atoms with E-state index in [2.05, 4.69) is 0 Å². The van der Waals surface area contributed by atoms with Gasteiger partial charge in [0.25, 0.3) is 0 Å². The Morgan fingerprint density at radius 2 is 2.50 bits per heavy atom. The molecule has 0 radical (unpaired) electrons. The Balaban J connectivity index is 1.69. The Bertz CT molecular complexity index is 236. The van der Waals surface area contributed by atoms with Gasteiger partial charge in [-0.1, -0.05) is 0 Å². The van der Waals surface area contributed by atoms with Crippen molar-refractivity contribution in [2.45, 2.75) is 19.1 Å². The molecule has 3 heteroatoms. The van der Waals surface area contributed by atoms with Crippen molar-refractivity contribution >= 4 is 0 Å². The molecule has 0 bridgehead atoms. The molecule has 0 N–H and O–H groups in total. The lowest BCUT2D eigenvalue weighted by Gasteiger charge is -2.04. The Morgan fingerprint density at radius 3 is 3.08 bits per heavy atom. The Hall–Kier alpha value is -0.800. The number of hydrogen-bond donors (Lipinski definition) is 0. The minimum absolute atomic E-state index is 0.0212. The fourth-order valence-electron chi connectivity index (χ4n) is 0.969. The molecule has 1 aromatic rings. The van der Waals surface area contributed by atoms with Gasteiger partial charge in [-0.25, -0.2) is 0 Å². The van der Waals surface area contributed by atoms with Crippen molar-refractivity contribution in [1.29, 1.82) is 0 Å². The summed E-state index contributed by atoms with van der Waals surface area (Å²) in [5, 5.41) is 0. The number of rotatable bonds is 4. The van der Waals surface area contributed by atoms with E-state index >= 15 is 0 Å². The molecule has 1 aliphatic heterocycles. The number of furan rings is 1. The van der Waals surface area contributed by atoms with Crippen molar-refractivity contribution in [3.8, 4) is 0 Å². The first-order chi connectivity index (χ1) is 5.79. The van der Waals surface area contributed by atoms with Gasteiger partial charge in [0.15, 0.2) is 0 Å². The molecular weight excluding hydrogens is 156 g/mol. The molecular formula is C9H12O3. The predicted molar refractivity (Wildman–Crippen MR) is 42.7 cm³/mol. The highest BCUT2D eigenvalue weighted by Crippen LogP contribution is 2.26. The van der Waals surface area contributed by atoms with Crippen LogP contribution in [0.4, 0.5) is 0 Å². The summed E-state index contributed by atoms with van der Waals surface area (Å²) in [4.78, 5) is 0. The lowest BCUT2D eigenvalue weighted by Crippen LogP contribution is -2.14. The molecule has 66 valence electrons. The second kappa shape index (κ2) is 2.92. The Kier molecular flexibility index (Phi) is 1.90. The molecule has 2 heterocycles. The summed E-state index contributed by atoms with van der Waals surface area (Å²) >= 11 is 0. The Morgan fingerprint density at radius 1 is 1.67 bits per heavy atom. The maximum Gasteiger partial charge on any atom is 0.129 e. The van der Waals surface area contributed by atoms with Gasteiger partial charge in [-0.05, 0) is 19.1 Å². The largest absolute Gasteiger partial charge is 0.467 e. The summed E-state index contributed by atoms with van der Waals surface area (Å²) in [6, 6.07) is 3.75. The third-order valence-electron chi connectivity index (χ3n) is 1.87. The molecule has 1 aliphatic rings. The van der Waals surface area contributed by atoms with Crippen LogP contribution in [0.5, 0.6) is 0 Å². The maximum absolute atomic E-state index is 5.39. The van der Waals surface area contributed by atoms with E-state index < -0.39 is 0 Å². The van der Waals surface area contributed by atoms with Crippen LogP contribution in [0, 0.1) is 0 Å². The van der Waals surface area contributed by atoms with Crippen LogP contribution in [-0.2, 0) is 16.1 Å². The normalized spacial score (nSPS) is 27.4. The molecule has 0 aromatic carbocycles. The van der Waals surface area contributed by atoms with Crippen molar-refractivity contribution in [2.75, 3.05) is 13.2 Å². The summed E-state index contributed by atoms with van der Waals surface area (Å²) in [7, 11) is 0. The first-order valence-corrected chi connectivity index (χ1v) is 4.03. The highest BCUT2D eigenvalue weighted by atomic mass is 16.6. The fraction of sp³-hybridized carbons (Fsp3) is 0.556. The standard InChI is InChI=1S/C9H12O3/c1-9(7-12-9)6-10-5-8-3-2-4-11-8/h2-4H,5-7H2,1H3.